The van der Waals surface area contributed by atoms with Gasteiger partial charge in [0.2, 0.25) is 0 Å². The van der Waals surface area contributed by atoms with Crippen LogP contribution in [0.3, 0.4) is 0 Å². The van der Waals surface area contributed by atoms with Crippen molar-refractivity contribution in [1.29, 1.82) is 0 Å². The van der Waals surface area contributed by atoms with Crippen molar-refractivity contribution in [2.75, 3.05) is 53.6 Å². The quantitative estimate of drug-likeness (QED) is 0.824. The molecule has 2 rings (SSSR count). The van der Waals surface area contributed by atoms with Crippen molar-refractivity contribution < 1.29 is 14.3 Å². The Morgan fingerprint density at radius 3 is 2.71 bits per heavy atom. The van der Waals surface area contributed by atoms with Crippen LogP contribution in [0.4, 0.5) is 0 Å². The second kappa shape index (κ2) is 8.00. The maximum Gasteiger partial charge on any atom is 0.257 e. The average Bonchev–Trinajstić information content (AvgIpc) is 2.77. The summed E-state index contributed by atoms with van der Waals surface area (Å²) >= 11 is 0. The van der Waals surface area contributed by atoms with Gasteiger partial charge in [-0.25, -0.2) is 0 Å². The van der Waals surface area contributed by atoms with E-state index in [0.29, 0.717) is 11.3 Å². The third-order valence-electron chi connectivity index (χ3n) is 3.82. The predicted molar refractivity (Wildman–Crippen MR) is 81.8 cm³/mol. The summed E-state index contributed by atoms with van der Waals surface area (Å²) in [4.78, 5) is 16.9. The first-order valence-electron chi connectivity index (χ1n) is 7.40. The zero-order valence-electron chi connectivity index (χ0n) is 12.9. The van der Waals surface area contributed by atoms with Gasteiger partial charge in [-0.15, -0.1) is 0 Å². The minimum absolute atomic E-state index is 0.0565. The van der Waals surface area contributed by atoms with Gasteiger partial charge < -0.3 is 14.4 Å². The van der Waals surface area contributed by atoms with Crippen LogP contribution in [0.1, 0.15) is 16.8 Å². The first-order valence-corrected chi connectivity index (χ1v) is 7.40. The van der Waals surface area contributed by atoms with Crippen LogP contribution in [-0.4, -0.2) is 69.3 Å². The lowest BCUT2D eigenvalue weighted by Gasteiger charge is -2.22. The Morgan fingerprint density at radius 1 is 1.14 bits per heavy atom. The van der Waals surface area contributed by atoms with Gasteiger partial charge >= 0.3 is 0 Å². The largest absolute Gasteiger partial charge is 0.496 e. The molecule has 1 amide bonds. The average molecular weight is 292 g/mol. The van der Waals surface area contributed by atoms with Gasteiger partial charge in [-0.05, 0) is 25.1 Å². The zero-order valence-corrected chi connectivity index (χ0v) is 12.9. The molecule has 21 heavy (non-hydrogen) atoms. The first-order chi connectivity index (χ1) is 10.3. The van der Waals surface area contributed by atoms with E-state index in [9.17, 15) is 4.79 Å². The fraction of sp³-hybridized carbons (Fsp3) is 0.562. The van der Waals surface area contributed by atoms with Gasteiger partial charge in [0.15, 0.2) is 0 Å². The highest BCUT2D eigenvalue weighted by molar-refractivity contribution is 5.97. The standard InChI is InChI=1S/C16H24N2O3/c1-20-13-12-17-8-5-9-18(11-10-17)16(19)14-6-3-4-7-15(14)21-2/h3-4,6-7H,5,8-13H2,1-2H3. The molecule has 1 aliphatic rings. The summed E-state index contributed by atoms with van der Waals surface area (Å²) < 4.78 is 10.4. The van der Waals surface area contributed by atoms with Crippen molar-refractivity contribution in [2.24, 2.45) is 0 Å². The molecule has 0 aliphatic carbocycles. The molecule has 1 aromatic rings. The van der Waals surface area contributed by atoms with Gasteiger partial charge in [-0.1, -0.05) is 12.1 Å². The molecule has 1 saturated heterocycles. The van der Waals surface area contributed by atoms with Gasteiger partial charge in [0.25, 0.3) is 5.91 Å². The molecule has 0 saturated carbocycles. The first kappa shape index (κ1) is 15.8. The van der Waals surface area contributed by atoms with Gasteiger partial charge in [0.05, 0.1) is 19.3 Å². The molecule has 1 heterocycles. The summed E-state index contributed by atoms with van der Waals surface area (Å²) in [5.41, 5.74) is 0.644. The SMILES string of the molecule is COCCN1CCCN(C(=O)c2ccccc2OC)CC1. The van der Waals surface area contributed by atoms with Gasteiger partial charge in [0.1, 0.15) is 5.75 Å². The third-order valence-corrected chi connectivity index (χ3v) is 3.82. The predicted octanol–water partition coefficient (Wildman–Crippen LogP) is 1.49. The lowest BCUT2D eigenvalue weighted by molar-refractivity contribution is 0.0756. The monoisotopic (exact) mass is 292 g/mol. The number of para-hydroxylation sites is 1. The van der Waals surface area contributed by atoms with E-state index in [-0.39, 0.29) is 5.91 Å². The van der Waals surface area contributed by atoms with Crippen molar-refractivity contribution in [3.8, 4) is 5.75 Å². The third kappa shape index (κ3) is 4.19. The van der Waals surface area contributed by atoms with Crippen molar-refractivity contribution in [2.45, 2.75) is 6.42 Å². The number of amides is 1. The minimum Gasteiger partial charge on any atom is -0.496 e. The highest BCUT2D eigenvalue weighted by atomic mass is 16.5. The fourth-order valence-corrected chi connectivity index (χ4v) is 2.61. The van der Waals surface area contributed by atoms with E-state index in [2.05, 4.69) is 4.90 Å². The van der Waals surface area contributed by atoms with Crippen molar-refractivity contribution in [3.63, 3.8) is 0 Å². The van der Waals surface area contributed by atoms with E-state index >= 15 is 0 Å². The Hall–Kier alpha value is -1.59. The van der Waals surface area contributed by atoms with Crippen molar-refractivity contribution >= 4 is 5.91 Å². The van der Waals surface area contributed by atoms with Crippen LogP contribution in [0.15, 0.2) is 24.3 Å². The second-order valence-electron chi connectivity index (χ2n) is 5.18. The lowest BCUT2D eigenvalue weighted by atomic mass is 10.1. The van der Waals surface area contributed by atoms with Gasteiger partial charge in [-0.3, -0.25) is 9.69 Å². The Balaban J connectivity index is 2.00. The molecule has 0 atom stereocenters. The second-order valence-corrected chi connectivity index (χ2v) is 5.18. The van der Waals surface area contributed by atoms with E-state index in [0.717, 1.165) is 45.8 Å². The van der Waals surface area contributed by atoms with E-state index in [1.807, 2.05) is 29.2 Å². The summed E-state index contributed by atoms with van der Waals surface area (Å²) in [6, 6.07) is 7.41. The van der Waals surface area contributed by atoms with Gasteiger partial charge in [0, 0.05) is 33.3 Å². The highest BCUT2D eigenvalue weighted by Gasteiger charge is 2.22. The number of methoxy groups -OCH3 is 2. The number of rotatable bonds is 5. The number of carbonyl (C=O) groups is 1. The van der Waals surface area contributed by atoms with Crippen LogP contribution in [-0.2, 0) is 4.74 Å². The van der Waals surface area contributed by atoms with Crippen LogP contribution in [0, 0.1) is 0 Å². The molecule has 1 fully saturated rings. The Morgan fingerprint density at radius 2 is 1.95 bits per heavy atom. The fourth-order valence-electron chi connectivity index (χ4n) is 2.61. The molecule has 0 radical (unpaired) electrons. The molecule has 0 N–H and O–H groups in total. The summed E-state index contributed by atoms with van der Waals surface area (Å²) in [5, 5.41) is 0. The van der Waals surface area contributed by atoms with Crippen molar-refractivity contribution in [3.05, 3.63) is 29.8 Å². The summed E-state index contributed by atoms with van der Waals surface area (Å²) in [5.74, 6) is 0.698. The normalized spacial score (nSPS) is 16.6. The Labute approximate surface area is 126 Å². The summed E-state index contributed by atoms with van der Waals surface area (Å²) in [7, 11) is 3.32. The molecular weight excluding hydrogens is 268 g/mol. The summed E-state index contributed by atoms with van der Waals surface area (Å²) in [6.45, 7) is 5.11. The number of nitrogens with zero attached hydrogens (tertiary/aromatic N) is 2. The topological polar surface area (TPSA) is 42.0 Å². The Bertz CT molecular complexity index is 465. The number of benzene rings is 1. The molecule has 5 nitrogen and oxygen atoms in total. The molecule has 5 heteroatoms. The van der Waals surface area contributed by atoms with Crippen molar-refractivity contribution in [1.82, 2.24) is 9.80 Å². The van der Waals surface area contributed by atoms with Crippen LogP contribution in [0.25, 0.3) is 0 Å². The van der Waals surface area contributed by atoms with Crippen LogP contribution in [0.2, 0.25) is 0 Å². The Kier molecular flexibility index (Phi) is 6.02. The number of hydrogen-bond donors (Lipinski definition) is 0. The molecule has 1 aliphatic heterocycles. The summed E-state index contributed by atoms with van der Waals surface area (Å²) in [6.07, 6.45) is 0.991. The zero-order chi connectivity index (χ0) is 15.1. The maximum absolute atomic E-state index is 12.7. The molecule has 0 aromatic heterocycles. The number of carbonyl (C=O) groups excluding carboxylic acids is 1. The van der Waals surface area contributed by atoms with Crippen LogP contribution < -0.4 is 4.74 Å². The van der Waals surface area contributed by atoms with E-state index in [1.165, 1.54) is 0 Å². The number of ether oxygens (including phenoxy) is 2. The molecule has 0 bridgehead atoms. The highest BCUT2D eigenvalue weighted by Crippen LogP contribution is 2.20. The van der Waals surface area contributed by atoms with Crippen LogP contribution in [0.5, 0.6) is 5.75 Å². The van der Waals surface area contributed by atoms with Gasteiger partial charge in [-0.2, -0.15) is 0 Å². The number of hydrogen-bond acceptors (Lipinski definition) is 4. The molecule has 116 valence electrons. The minimum atomic E-state index is 0.0565. The van der Waals surface area contributed by atoms with E-state index < -0.39 is 0 Å². The van der Waals surface area contributed by atoms with E-state index in [1.54, 1.807) is 14.2 Å². The molecule has 0 unspecified atom stereocenters. The maximum atomic E-state index is 12.7. The molecular formula is C16H24N2O3. The lowest BCUT2D eigenvalue weighted by Crippen LogP contribution is -2.36. The van der Waals surface area contributed by atoms with E-state index in [4.69, 9.17) is 9.47 Å². The molecule has 0 spiro atoms. The van der Waals surface area contributed by atoms with Crippen LogP contribution >= 0.6 is 0 Å². The molecule has 1 aromatic carbocycles. The smallest absolute Gasteiger partial charge is 0.257 e.